The van der Waals surface area contributed by atoms with Crippen molar-refractivity contribution in [2.24, 2.45) is 0 Å². The number of hydrogen-bond donors (Lipinski definition) is 2. The Labute approximate surface area is 119 Å². The Morgan fingerprint density at radius 3 is 2.90 bits per heavy atom. The summed E-state index contributed by atoms with van der Waals surface area (Å²) in [6, 6.07) is 16.2. The minimum Gasteiger partial charge on any atom is -0.386 e. The molecule has 2 unspecified atom stereocenters. The molecule has 0 spiro atoms. The Morgan fingerprint density at radius 2 is 2.10 bits per heavy atom. The number of methoxy groups -OCH3 is 1. The number of aliphatic hydroxyl groups is 1. The largest absolute Gasteiger partial charge is 0.386 e. The van der Waals surface area contributed by atoms with Crippen molar-refractivity contribution in [1.82, 2.24) is 0 Å². The third-order valence-electron chi connectivity index (χ3n) is 3.78. The van der Waals surface area contributed by atoms with Crippen molar-refractivity contribution in [3.63, 3.8) is 0 Å². The van der Waals surface area contributed by atoms with Crippen LogP contribution in [0.3, 0.4) is 0 Å². The molecule has 0 aromatic heterocycles. The molecule has 3 nitrogen and oxygen atoms in total. The predicted molar refractivity (Wildman–Crippen MR) is 79.7 cm³/mol. The van der Waals surface area contributed by atoms with Gasteiger partial charge in [-0.25, -0.2) is 0 Å². The second-order valence-corrected chi connectivity index (χ2v) is 5.23. The van der Waals surface area contributed by atoms with Gasteiger partial charge in [0.05, 0.1) is 18.8 Å². The molecule has 2 aromatic carbocycles. The summed E-state index contributed by atoms with van der Waals surface area (Å²) in [4.78, 5) is 0. The van der Waals surface area contributed by atoms with Crippen LogP contribution in [0.4, 0.5) is 5.69 Å². The number of para-hydroxylation sites is 1. The molecule has 1 heterocycles. The second-order valence-electron chi connectivity index (χ2n) is 5.23. The van der Waals surface area contributed by atoms with E-state index < -0.39 is 6.10 Å². The summed E-state index contributed by atoms with van der Waals surface area (Å²) in [5, 5.41) is 14.0. The zero-order chi connectivity index (χ0) is 13.9. The fourth-order valence-corrected chi connectivity index (χ4v) is 2.78. The van der Waals surface area contributed by atoms with E-state index in [1.165, 1.54) is 5.56 Å². The van der Waals surface area contributed by atoms with Gasteiger partial charge < -0.3 is 15.2 Å². The molecule has 0 bridgehead atoms. The van der Waals surface area contributed by atoms with Gasteiger partial charge >= 0.3 is 0 Å². The van der Waals surface area contributed by atoms with E-state index in [1.807, 2.05) is 36.4 Å². The molecule has 104 valence electrons. The van der Waals surface area contributed by atoms with Crippen molar-refractivity contribution in [3.05, 3.63) is 65.2 Å². The van der Waals surface area contributed by atoms with Crippen LogP contribution < -0.4 is 5.32 Å². The minimum atomic E-state index is -0.515. The zero-order valence-electron chi connectivity index (χ0n) is 11.5. The maximum atomic E-state index is 10.6. The van der Waals surface area contributed by atoms with Crippen molar-refractivity contribution in [3.8, 4) is 0 Å². The highest BCUT2D eigenvalue weighted by atomic mass is 16.5. The van der Waals surface area contributed by atoms with E-state index in [2.05, 4.69) is 17.4 Å². The molecule has 0 aliphatic carbocycles. The Balaban J connectivity index is 1.77. The lowest BCUT2D eigenvalue weighted by Crippen LogP contribution is -2.24. The van der Waals surface area contributed by atoms with E-state index in [9.17, 15) is 5.11 Å². The quantitative estimate of drug-likeness (QED) is 0.896. The Kier molecular flexibility index (Phi) is 3.72. The van der Waals surface area contributed by atoms with E-state index >= 15 is 0 Å². The van der Waals surface area contributed by atoms with Gasteiger partial charge in [0.1, 0.15) is 0 Å². The molecule has 0 amide bonds. The number of fused-ring (bicyclic) bond motifs is 1. The lowest BCUT2D eigenvalue weighted by Gasteiger charge is -2.20. The zero-order valence-corrected chi connectivity index (χ0v) is 11.5. The van der Waals surface area contributed by atoms with Crippen LogP contribution in [0.5, 0.6) is 0 Å². The monoisotopic (exact) mass is 269 g/mol. The van der Waals surface area contributed by atoms with Crippen molar-refractivity contribution in [1.29, 1.82) is 0 Å². The lowest BCUT2D eigenvalue weighted by atomic mass is 9.98. The number of aliphatic hydroxyl groups excluding tert-OH is 1. The molecule has 3 rings (SSSR count). The molecule has 3 heteroatoms. The molecule has 0 saturated carbocycles. The fourth-order valence-electron chi connectivity index (χ4n) is 2.78. The first-order valence-electron chi connectivity index (χ1n) is 6.88. The third-order valence-corrected chi connectivity index (χ3v) is 3.78. The highest BCUT2D eigenvalue weighted by molar-refractivity contribution is 5.57. The first-order chi connectivity index (χ1) is 9.78. The van der Waals surface area contributed by atoms with Gasteiger partial charge in [0.2, 0.25) is 0 Å². The maximum absolute atomic E-state index is 10.6. The van der Waals surface area contributed by atoms with Crippen molar-refractivity contribution < 1.29 is 9.84 Å². The van der Waals surface area contributed by atoms with E-state index in [4.69, 9.17) is 4.74 Å². The normalized spacial score (nSPS) is 18.4. The van der Waals surface area contributed by atoms with Crippen LogP contribution >= 0.6 is 0 Å². The maximum Gasteiger partial charge on any atom is 0.0994 e. The van der Waals surface area contributed by atoms with Gasteiger partial charge in [-0.15, -0.1) is 0 Å². The van der Waals surface area contributed by atoms with Gasteiger partial charge in [-0.05, 0) is 29.2 Å². The average molecular weight is 269 g/mol. The van der Waals surface area contributed by atoms with Crippen LogP contribution in [0, 0.1) is 0 Å². The first kappa shape index (κ1) is 13.2. The van der Waals surface area contributed by atoms with E-state index in [0.717, 1.165) is 23.2 Å². The predicted octanol–water partition coefficient (Wildman–Crippen LogP) is 2.90. The van der Waals surface area contributed by atoms with Crippen LogP contribution in [0.2, 0.25) is 0 Å². The molecular weight excluding hydrogens is 250 g/mol. The average Bonchev–Trinajstić information content (AvgIpc) is 2.91. The number of anilines is 1. The van der Waals surface area contributed by atoms with Crippen LogP contribution in [0.15, 0.2) is 48.5 Å². The highest BCUT2D eigenvalue weighted by Crippen LogP contribution is 2.31. The van der Waals surface area contributed by atoms with Crippen LogP contribution in [0.1, 0.15) is 22.8 Å². The number of hydrogen-bond acceptors (Lipinski definition) is 3. The summed E-state index contributed by atoms with van der Waals surface area (Å²) in [6.07, 6.45) is 0.338. The van der Waals surface area contributed by atoms with E-state index in [1.54, 1.807) is 7.11 Å². The Bertz CT molecular complexity index is 572. The second kappa shape index (κ2) is 5.65. The van der Waals surface area contributed by atoms with Gasteiger partial charge in [0, 0.05) is 12.8 Å². The number of benzene rings is 2. The molecule has 2 N–H and O–H groups in total. The molecular formula is C17H19NO2. The summed E-state index contributed by atoms with van der Waals surface area (Å²) in [6.45, 7) is 0.568. The summed E-state index contributed by atoms with van der Waals surface area (Å²) >= 11 is 0. The molecule has 0 radical (unpaired) electrons. The van der Waals surface area contributed by atoms with Crippen LogP contribution in [-0.2, 0) is 17.8 Å². The Hall–Kier alpha value is -1.84. The topological polar surface area (TPSA) is 41.5 Å². The van der Waals surface area contributed by atoms with Crippen LogP contribution in [0.25, 0.3) is 0 Å². The van der Waals surface area contributed by atoms with Crippen molar-refractivity contribution >= 4 is 5.69 Å². The standard InChI is InChI=1S/C17H19NO2/c1-20-11-12-5-4-7-14(9-12)17(19)16-10-13-6-2-3-8-15(13)18-16/h2-9,16-19H,10-11H2,1H3. The van der Waals surface area contributed by atoms with Crippen molar-refractivity contribution in [2.75, 3.05) is 12.4 Å². The molecule has 0 saturated heterocycles. The molecule has 20 heavy (non-hydrogen) atoms. The third kappa shape index (κ3) is 2.55. The Morgan fingerprint density at radius 1 is 1.25 bits per heavy atom. The van der Waals surface area contributed by atoms with Crippen LogP contribution in [-0.4, -0.2) is 18.3 Å². The molecule has 2 atom stereocenters. The molecule has 1 aliphatic heterocycles. The first-order valence-corrected chi connectivity index (χ1v) is 6.88. The lowest BCUT2D eigenvalue weighted by molar-refractivity contribution is 0.155. The molecule has 1 aliphatic rings. The summed E-state index contributed by atoms with van der Waals surface area (Å²) in [5.41, 5.74) is 4.42. The van der Waals surface area contributed by atoms with Gasteiger partial charge in [-0.3, -0.25) is 0 Å². The number of ether oxygens (including phenoxy) is 1. The number of nitrogens with one attached hydrogen (secondary N) is 1. The van der Waals surface area contributed by atoms with E-state index in [-0.39, 0.29) is 6.04 Å². The van der Waals surface area contributed by atoms with Gasteiger partial charge in [-0.2, -0.15) is 0 Å². The summed E-state index contributed by atoms with van der Waals surface area (Å²) < 4.78 is 5.14. The highest BCUT2D eigenvalue weighted by Gasteiger charge is 2.27. The molecule has 2 aromatic rings. The van der Waals surface area contributed by atoms with E-state index in [0.29, 0.717) is 6.61 Å². The minimum absolute atomic E-state index is 0.0326. The molecule has 0 fully saturated rings. The summed E-state index contributed by atoms with van der Waals surface area (Å²) in [5.74, 6) is 0. The summed E-state index contributed by atoms with van der Waals surface area (Å²) in [7, 11) is 1.68. The van der Waals surface area contributed by atoms with Gasteiger partial charge in [0.25, 0.3) is 0 Å². The number of rotatable bonds is 4. The van der Waals surface area contributed by atoms with Gasteiger partial charge in [0.15, 0.2) is 0 Å². The van der Waals surface area contributed by atoms with Gasteiger partial charge in [-0.1, -0.05) is 42.5 Å². The fraction of sp³-hybridized carbons (Fsp3) is 0.294. The smallest absolute Gasteiger partial charge is 0.0994 e. The van der Waals surface area contributed by atoms with Crippen molar-refractivity contribution in [2.45, 2.75) is 25.2 Å². The SMILES string of the molecule is COCc1cccc(C(O)C2Cc3ccccc3N2)c1.